The Kier molecular flexibility index (Phi) is 6.92. The third-order valence-corrected chi connectivity index (χ3v) is 6.61. The minimum Gasteiger partial charge on any atom is -0.361 e. The number of piperidine rings is 1. The van der Waals surface area contributed by atoms with E-state index in [0.717, 1.165) is 51.1 Å². The van der Waals surface area contributed by atoms with Gasteiger partial charge in [-0.1, -0.05) is 56.3 Å². The van der Waals surface area contributed by atoms with E-state index in [0.29, 0.717) is 12.5 Å². The normalized spacial score (nSPS) is 15.0. The standard InChI is InChI=1S/C26H34N4O/c1-3-29(4-2)19-21-11-9-20(10-12-21)17-28-26(31)30-15-13-22(14-16-30)24-18-27-25-8-6-5-7-23(24)25/h5-12,18,22,27H,3-4,13-17,19H2,1-2H3,(H,28,31). The molecule has 2 amide bonds. The third kappa shape index (κ3) is 5.10. The summed E-state index contributed by atoms with van der Waals surface area (Å²) >= 11 is 0. The maximum atomic E-state index is 12.7. The van der Waals surface area contributed by atoms with Gasteiger partial charge in [0.2, 0.25) is 0 Å². The number of H-pyrrole nitrogens is 1. The first-order valence-corrected chi connectivity index (χ1v) is 11.6. The van der Waals surface area contributed by atoms with Crippen LogP contribution >= 0.6 is 0 Å². The molecule has 1 saturated heterocycles. The lowest BCUT2D eigenvalue weighted by atomic mass is 9.89. The molecule has 5 nitrogen and oxygen atoms in total. The van der Waals surface area contributed by atoms with Gasteiger partial charge in [-0.25, -0.2) is 4.79 Å². The fourth-order valence-corrected chi connectivity index (χ4v) is 4.58. The molecule has 3 aromatic rings. The van der Waals surface area contributed by atoms with Gasteiger partial charge in [0.25, 0.3) is 0 Å². The molecule has 1 aliphatic heterocycles. The summed E-state index contributed by atoms with van der Waals surface area (Å²) in [7, 11) is 0. The number of likely N-dealkylation sites (tertiary alicyclic amines) is 1. The Morgan fingerprint density at radius 3 is 2.42 bits per heavy atom. The highest BCUT2D eigenvalue weighted by Gasteiger charge is 2.25. The zero-order valence-electron chi connectivity index (χ0n) is 18.7. The number of nitrogens with one attached hydrogen (secondary N) is 2. The molecule has 0 bridgehead atoms. The Bertz CT molecular complexity index is 982. The molecule has 5 heteroatoms. The first kappa shape index (κ1) is 21.4. The van der Waals surface area contributed by atoms with Crippen LogP contribution in [0.4, 0.5) is 4.79 Å². The average molecular weight is 419 g/mol. The van der Waals surface area contributed by atoms with Crippen LogP contribution in [0.3, 0.4) is 0 Å². The van der Waals surface area contributed by atoms with Crippen molar-refractivity contribution in [3.8, 4) is 0 Å². The Hall–Kier alpha value is -2.79. The lowest BCUT2D eigenvalue weighted by molar-refractivity contribution is 0.181. The summed E-state index contributed by atoms with van der Waals surface area (Å²) in [5.41, 5.74) is 5.05. The van der Waals surface area contributed by atoms with Crippen LogP contribution in [-0.2, 0) is 13.1 Å². The van der Waals surface area contributed by atoms with E-state index >= 15 is 0 Å². The second-order valence-electron chi connectivity index (χ2n) is 8.49. The summed E-state index contributed by atoms with van der Waals surface area (Å²) in [6.07, 6.45) is 4.17. The molecular formula is C26H34N4O. The van der Waals surface area contributed by atoms with Crippen LogP contribution in [0.1, 0.15) is 49.3 Å². The number of hydrogen-bond acceptors (Lipinski definition) is 2. The predicted octanol–water partition coefficient (Wildman–Crippen LogP) is 5.10. The van der Waals surface area contributed by atoms with Crippen molar-refractivity contribution in [2.24, 2.45) is 0 Å². The molecule has 1 fully saturated rings. The molecule has 1 aliphatic rings. The quantitative estimate of drug-likeness (QED) is 0.561. The Balaban J connectivity index is 1.26. The minimum atomic E-state index is 0.0459. The van der Waals surface area contributed by atoms with Crippen LogP contribution in [0.5, 0.6) is 0 Å². The molecule has 2 heterocycles. The highest BCUT2D eigenvalue weighted by Crippen LogP contribution is 2.33. The van der Waals surface area contributed by atoms with E-state index in [9.17, 15) is 4.79 Å². The molecule has 0 spiro atoms. The first-order chi connectivity index (χ1) is 15.2. The SMILES string of the molecule is CCN(CC)Cc1ccc(CNC(=O)N2CCC(c3c[nH]c4ccccc34)CC2)cc1. The molecule has 0 unspecified atom stereocenters. The molecule has 2 aromatic carbocycles. The van der Waals surface area contributed by atoms with Gasteiger partial charge in [0.15, 0.2) is 0 Å². The van der Waals surface area contributed by atoms with Gasteiger partial charge in [-0.3, -0.25) is 4.90 Å². The van der Waals surface area contributed by atoms with E-state index in [1.165, 1.54) is 22.0 Å². The monoisotopic (exact) mass is 418 g/mol. The van der Waals surface area contributed by atoms with Crippen molar-refractivity contribution in [2.75, 3.05) is 26.2 Å². The van der Waals surface area contributed by atoms with Crippen molar-refractivity contribution in [1.29, 1.82) is 0 Å². The van der Waals surface area contributed by atoms with E-state index in [1.54, 1.807) is 0 Å². The molecule has 4 rings (SSSR count). The van der Waals surface area contributed by atoms with Crippen LogP contribution in [0.2, 0.25) is 0 Å². The van der Waals surface area contributed by atoms with Gasteiger partial charge in [-0.05, 0) is 54.6 Å². The van der Waals surface area contributed by atoms with Gasteiger partial charge < -0.3 is 15.2 Å². The van der Waals surface area contributed by atoms with E-state index in [2.05, 4.69) is 83.8 Å². The van der Waals surface area contributed by atoms with E-state index in [1.807, 2.05) is 4.90 Å². The molecule has 31 heavy (non-hydrogen) atoms. The van der Waals surface area contributed by atoms with Crippen molar-refractivity contribution in [2.45, 2.75) is 45.7 Å². The van der Waals surface area contributed by atoms with Crippen molar-refractivity contribution in [3.63, 3.8) is 0 Å². The smallest absolute Gasteiger partial charge is 0.317 e. The Morgan fingerprint density at radius 2 is 1.71 bits per heavy atom. The summed E-state index contributed by atoms with van der Waals surface area (Å²) in [6, 6.07) is 17.1. The van der Waals surface area contributed by atoms with Gasteiger partial charge in [-0.15, -0.1) is 0 Å². The van der Waals surface area contributed by atoms with Crippen LogP contribution in [0, 0.1) is 0 Å². The molecule has 0 saturated carbocycles. The van der Waals surface area contributed by atoms with Crippen molar-refractivity contribution >= 4 is 16.9 Å². The molecule has 1 aromatic heterocycles. The molecule has 0 aliphatic carbocycles. The Morgan fingerprint density at radius 1 is 1.03 bits per heavy atom. The highest BCUT2D eigenvalue weighted by atomic mass is 16.2. The lowest BCUT2D eigenvalue weighted by Gasteiger charge is -2.32. The van der Waals surface area contributed by atoms with Crippen LogP contribution < -0.4 is 5.32 Å². The summed E-state index contributed by atoms with van der Waals surface area (Å²) in [5, 5.41) is 4.42. The first-order valence-electron chi connectivity index (χ1n) is 11.6. The zero-order valence-corrected chi connectivity index (χ0v) is 18.7. The van der Waals surface area contributed by atoms with Crippen LogP contribution in [-0.4, -0.2) is 47.0 Å². The van der Waals surface area contributed by atoms with Gasteiger partial charge in [0.05, 0.1) is 0 Å². The fourth-order valence-electron chi connectivity index (χ4n) is 4.58. The summed E-state index contributed by atoms with van der Waals surface area (Å²) in [5.74, 6) is 0.513. The molecule has 0 atom stereocenters. The largest absolute Gasteiger partial charge is 0.361 e. The second kappa shape index (κ2) is 10.0. The van der Waals surface area contributed by atoms with Gasteiger partial charge in [0.1, 0.15) is 0 Å². The van der Waals surface area contributed by atoms with Gasteiger partial charge in [0, 0.05) is 43.3 Å². The average Bonchev–Trinajstić information content (AvgIpc) is 3.26. The predicted molar refractivity (Wildman–Crippen MR) is 127 cm³/mol. The Labute approximate surface area is 185 Å². The van der Waals surface area contributed by atoms with Crippen molar-refractivity contribution in [3.05, 3.63) is 71.4 Å². The molecular weight excluding hydrogens is 384 g/mol. The maximum Gasteiger partial charge on any atom is 0.317 e. The number of carbonyl (C=O) groups excluding carboxylic acids is 1. The number of para-hydroxylation sites is 1. The summed E-state index contributed by atoms with van der Waals surface area (Å²) in [4.78, 5) is 20.4. The molecule has 2 N–H and O–H groups in total. The van der Waals surface area contributed by atoms with Crippen molar-refractivity contribution in [1.82, 2.24) is 20.1 Å². The van der Waals surface area contributed by atoms with Crippen molar-refractivity contribution < 1.29 is 4.79 Å². The number of urea groups is 1. The number of carbonyl (C=O) groups is 1. The van der Waals surface area contributed by atoms with E-state index in [4.69, 9.17) is 0 Å². The topological polar surface area (TPSA) is 51.4 Å². The number of nitrogens with zero attached hydrogens (tertiary/aromatic N) is 2. The number of aromatic nitrogens is 1. The highest BCUT2D eigenvalue weighted by molar-refractivity contribution is 5.83. The number of amides is 2. The number of fused-ring (bicyclic) bond motifs is 1. The van der Waals surface area contributed by atoms with Gasteiger partial charge in [-0.2, -0.15) is 0 Å². The van der Waals surface area contributed by atoms with Crippen LogP contribution in [0.15, 0.2) is 54.7 Å². The lowest BCUT2D eigenvalue weighted by Crippen LogP contribution is -2.43. The number of hydrogen-bond donors (Lipinski definition) is 2. The van der Waals surface area contributed by atoms with Crippen LogP contribution in [0.25, 0.3) is 10.9 Å². The third-order valence-electron chi connectivity index (χ3n) is 6.61. The molecule has 0 radical (unpaired) electrons. The maximum absolute atomic E-state index is 12.7. The van der Waals surface area contributed by atoms with Gasteiger partial charge >= 0.3 is 6.03 Å². The fraction of sp³-hybridized carbons (Fsp3) is 0.423. The second-order valence-corrected chi connectivity index (χ2v) is 8.49. The van der Waals surface area contributed by atoms with E-state index in [-0.39, 0.29) is 6.03 Å². The number of benzene rings is 2. The summed E-state index contributed by atoms with van der Waals surface area (Å²) < 4.78 is 0. The summed E-state index contributed by atoms with van der Waals surface area (Å²) in [6.45, 7) is 9.67. The number of aromatic amines is 1. The number of rotatable bonds is 7. The van der Waals surface area contributed by atoms with E-state index < -0.39 is 0 Å². The minimum absolute atomic E-state index is 0.0459. The zero-order chi connectivity index (χ0) is 21.6. The molecule has 164 valence electrons.